The van der Waals surface area contributed by atoms with Crippen molar-refractivity contribution < 1.29 is 4.52 Å². The summed E-state index contributed by atoms with van der Waals surface area (Å²) >= 11 is 0. The van der Waals surface area contributed by atoms with Crippen molar-refractivity contribution in [2.24, 2.45) is 5.92 Å². The maximum absolute atomic E-state index is 5.44. The number of piperazine rings is 1. The van der Waals surface area contributed by atoms with Crippen LogP contribution < -0.4 is 0 Å². The van der Waals surface area contributed by atoms with Gasteiger partial charge in [0.2, 0.25) is 0 Å². The summed E-state index contributed by atoms with van der Waals surface area (Å²) in [4.78, 5) is 5.21. The van der Waals surface area contributed by atoms with Gasteiger partial charge in [0.1, 0.15) is 0 Å². The van der Waals surface area contributed by atoms with Gasteiger partial charge in [0.05, 0.1) is 5.69 Å². The highest BCUT2D eigenvalue weighted by Crippen LogP contribution is 2.26. The van der Waals surface area contributed by atoms with E-state index in [1.54, 1.807) is 0 Å². The Bertz CT molecular complexity index is 571. The summed E-state index contributed by atoms with van der Waals surface area (Å²) in [5, 5.41) is 4.06. The SMILES string of the molecule is C/C(=C\c1onc(C)c1C)N1CCN(CC2CCCCC2)C(C)C1. The maximum atomic E-state index is 5.44. The van der Waals surface area contributed by atoms with Crippen molar-refractivity contribution in [2.75, 3.05) is 26.2 Å². The van der Waals surface area contributed by atoms with Crippen LogP contribution in [0.15, 0.2) is 10.2 Å². The van der Waals surface area contributed by atoms with E-state index < -0.39 is 0 Å². The number of rotatable bonds is 4. The Morgan fingerprint density at radius 2 is 1.96 bits per heavy atom. The van der Waals surface area contributed by atoms with Crippen LogP contribution in [0.2, 0.25) is 0 Å². The van der Waals surface area contributed by atoms with E-state index >= 15 is 0 Å². The maximum Gasteiger partial charge on any atom is 0.164 e. The molecule has 4 nitrogen and oxygen atoms in total. The molecule has 0 radical (unpaired) electrons. The topological polar surface area (TPSA) is 32.5 Å². The van der Waals surface area contributed by atoms with Crippen LogP contribution in [0.5, 0.6) is 0 Å². The summed E-state index contributed by atoms with van der Waals surface area (Å²) in [6, 6.07) is 0.626. The zero-order valence-electron chi connectivity index (χ0n) is 15.8. The highest BCUT2D eigenvalue weighted by molar-refractivity contribution is 5.50. The number of allylic oxidation sites excluding steroid dienone is 1. The first-order valence-corrected chi connectivity index (χ1v) is 9.64. The lowest BCUT2D eigenvalue weighted by Gasteiger charge is -2.43. The van der Waals surface area contributed by atoms with Gasteiger partial charge < -0.3 is 9.42 Å². The van der Waals surface area contributed by atoms with Gasteiger partial charge in [-0.2, -0.15) is 0 Å². The summed E-state index contributed by atoms with van der Waals surface area (Å²) < 4.78 is 5.44. The van der Waals surface area contributed by atoms with Crippen molar-refractivity contribution >= 4 is 6.08 Å². The van der Waals surface area contributed by atoms with Gasteiger partial charge in [-0.1, -0.05) is 24.4 Å². The van der Waals surface area contributed by atoms with Crippen molar-refractivity contribution in [3.8, 4) is 0 Å². The number of hydrogen-bond acceptors (Lipinski definition) is 4. The van der Waals surface area contributed by atoms with Gasteiger partial charge in [-0.15, -0.1) is 0 Å². The Morgan fingerprint density at radius 3 is 2.58 bits per heavy atom. The first-order valence-electron chi connectivity index (χ1n) is 9.64. The highest BCUT2D eigenvalue weighted by Gasteiger charge is 2.26. The molecule has 1 aliphatic heterocycles. The van der Waals surface area contributed by atoms with Crippen LogP contribution in [-0.4, -0.2) is 47.2 Å². The molecule has 0 amide bonds. The van der Waals surface area contributed by atoms with Crippen LogP contribution in [0.1, 0.15) is 63.0 Å². The fourth-order valence-corrected chi connectivity index (χ4v) is 4.14. The van der Waals surface area contributed by atoms with Crippen LogP contribution in [0.3, 0.4) is 0 Å². The Kier molecular flexibility index (Phi) is 5.65. The second kappa shape index (κ2) is 7.73. The molecule has 3 rings (SSSR count). The first kappa shape index (κ1) is 17.5. The van der Waals surface area contributed by atoms with E-state index in [4.69, 9.17) is 4.52 Å². The molecule has 1 saturated carbocycles. The summed E-state index contributed by atoms with van der Waals surface area (Å²) in [5.41, 5.74) is 3.43. The molecule has 2 fully saturated rings. The number of aromatic nitrogens is 1. The van der Waals surface area contributed by atoms with Crippen molar-refractivity contribution in [1.82, 2.24) is 15.0 Å². The minimum Gasteiger partial charge on any atom is -0.372 e. The van der Waals surface area contributed by atoms with Crippen molar-refractivity contribution in [2.45, 2.75) is 65.8 Å². The Morgan fingerprint density at radius 1 is 1.21 bits per heavy atom. The molecule has 0 bridgehead atoms. The normalized spacial score (nSPS) is 24.6. The Hall–Kier alpha value is -1.29. The lowest BCUT2D eigenvalue weighted by atomic mass is 9.88. The summed E-state index contributed by atoms with van der Waals surface area (Å²) in [5.74, 6) is 1.84. The van der Waals surface area contributed by atoms with Gasteiger partial charge in [0.15, 0.2) is 5.76 Å². The van der Waals surface area contributed by atoms with Gasteiger partial charge in [0.25, 0.3) is 0 Å². The molecule has 2 heterocycles. The molecule has 2 aliphatic rings. The Balaban J connectivity index is 1.57. The highest BCUT2D eigenvalue weighted by atomic mass is 16.5. The van der Waals surface area contributed by atoms with Crippen LogP contribution >= 0.6 is 0 Å². The van der Waals surface area contributed by atoms with Gasteiger partial charge in [-0.25, -0.2) is 0 Å². The quantitative estimate of drug-likeness (QED) is 0.826. The average molecular weight is 332 g/mol. The van der Waals surface area contributed by atoms with Crippen LogP contribution in [-0.2, 0) is 0 Å². The van der Waals surface area contributed by atoms with E-state index in [-0.39, 0.29) is 0 Å². The van der Waals surface area contributed by atoms with E-state index in [9.17, 15) is 0 Å². The minimum absolute atomic E-state index is 0.626. The van der Waals surface area contributed by atoms with E-state index in [0.717, 1.165) is 36.0 Å². The number of aryl methyl sites for hydroxylation is 1. The van der Waals surface area contributed by atoms with E-state index in [1.165, 1.54) is 50.9 Å². The minimum atomic E-state index is 0.626. The lowest BCUT2D eigenvalue weighted by Crippen LogP contribution is -2.52. The molecular formula is C20H33N3O. The molecule has 24 heavy (non-hydrogen) atoms. The molecule has 1 saturated heterocycles. The molecule has 0 N–H and O–H groups in total. The largest absolute Gasteiger partial charge is 0.372 e. The Labute approximate surface area is 146 Å². The molecule has 1 aliphatic carbocycles. The zero-order chi connectivity index (χ0) is 17.1. The molecule has 1 atom stereocenters. The van der Waals surface area contributed by atoms with E-state index in [2.05, 4.69) is 41.8 Å². The van der Waals surface area contributed by atoms with Gasteiger partial charge in [-0.05, 0) is 46.5 Å². The summed E-state index contributed by atoms with van der Waals surface area (Å²) in [6.45, 7) is 13.4. The van der Waals surface area contributed by atoms with Gasteiger partial charge in [0, 0.05) is 49.6 Å². The molecule has 0 aromatic carbocycles. The third-order valence-corrected chi connectivity index (χ3v) is 6.01. The molecule has 0 spiro atoms. The lowest BCUT2D eigenvalue weighted by molar-refractivity contribution is 0.0818. The monoisotopic (exact) mass is 331 g/mol. The summed E-state index contributed by atoms with van der Waals surface area (Å²) in [7, 11) is 0. The third-order valence-electron chi connectivity index (χ3n) is 6.01. The fourth-order valence-electron chi connectivity index (χ4n) is 4.14. The van der Waals surface area contributed by atoms with Gasteiger partial charge >= 0.3 is 0 Å². The second-order valence-corrected chi connectivity index (χ2v) is 7.84. The number of hydrogen-bond donors (Lipinski definition) is 0. The van der Waals surface area contributed by atoms with Crippen molar-refractivity contribution in [3.05, 3.63) is 22.7 Å². The predicted molar refractivity (Wildman–Crippen MR) is 98.8 cm³/mol. The van der Waals surface area contributed by atoms with Crippen LogP contribution in [0.25, 0.3) is 6.08 Å². The third kappa shape index (κ3) is 4.02. The standard InChI is InChI=1S/C20H33N3O/c1-15(12-20-17(3)18(4)21-24-20)22-10-11-23(16(2)13-22)14-19-8-6-5-7-9-19/h12,16,19H,5-11,13-14H2,1-4H3/b15-12+. The fraction of sp³-hybridized carbons (Fsp3) is 0.750. The smallest absolute Gasteiger partial charge is 0.164 e. The molecule has 4 heteroatoms. The zero-order valence-corrected chi connectivity index (χ0v) is 15.8. The predicted octanol–water partition coefficient (Wildman–Crippen LogP) is 4.24. The molecular weight excluding hydrogens is 298 g/mol. The number of nitrogens with zero attached hydrogens (tertiary/aromatic N) is 3. The van der Waals surface area contributed by atoms with E-state index in [0.29, 0.717) is 6.04 Å². The first-order chi connectivity index (χ1) is 11.5. The van der Waals surface area contributed by atoms with Gasteiger partial charge in [-0.3, -0.25) is 4.90 Å². The van der Waals surface area contributed by atoms with Crippen LogP contribution in [0.4, 0.5) is 0 Å². The van der Waals surface area contributed by atoms with E-state index in [1.807, 2.05) is 6.92 Å². The molecule has 1 aromatic rings. The van der Waals surface area contributed by atoms with Crippen LogP contribution in [0, 0.1) is 19.8 Å². The molecule has 1 unspecified atom stereocenters. The molecule has 1 aromatic heterocycles. The van der Waals surface area contributed by atoms with Crippen molar-refractivity contribution in [3.63, 3.8) is 0 Å². The second-order valence-electron chi connectivity index (χ2n) is 7.84. The summed E-state index contributed by atoms with van der Waals surface area (Å²) in [6.07, 6.45) is 9.36. The van der Waals surface area contributed by atoms with Crippen molar-refractivity contribution in [1.29, 1.82) is 0 Å². The molecule has 134 valence electrons. The average Bonchev–Trinajstić information content (AvgIpc) is 2.89.